The first kappa shape index (κ1) is 22.9. The summed E-state index contributed by atoms with van der Waals surface area (Å²) in [5, 5.41) is 26.7. The van der Waals surface area contributed by atoms with Crippen LogP contribution in [0.5, 0.6) is 0 Å². The summed E-state index contributed by atoms with van der Waals surface area (Å²) in [5.74, 6) is -3.25. The second kappa shape index (κ2) is 17.7. The van der Waals surface area contributed by atoms with Gasteiger partial charge in [0.1, 0.15) is 0 Å². The number of hydrogen-bond acceptors (Lipinski definition) is 6. The third kappa shape index (κ3) is 8530. The molecular formula is C6H9LuO6. The van der Waals surface area contributed by atoms with Gasteiger partial charge in [-0.05, 0) is 20.8 Å². The minimum absolute atomic E-state index is 0. The molecule has 13 heavy (non-hydrogen) atoms. The summed E-state index contributed by atoms with van der Waals surface area (Å²) in [7, 11) is 0. The number of carboxylic acid groups (broad SMARTS) is 3. The van der Waals surface area contributed by atoms with Crippen LogP contribution >= 0.6 is 0 Å². The number of carbonyl (C=O) groups excluding carboxylic acids is 3. The largest absolute Gasteiger partial charge is 3.00 e. The molecule has 0 aromatic carbocycles. The Morgan fingerprint density at radius 2 is 0.692 bits per heavy atom. The fourth-order valence-corrected chi connectivity index (χ4v) is 0. The van der Waals surface area contributed by atoms with Crippen LogP contribution < -0.4 is 15.3 Å². The number of aliphatic carboxylic acids is 3. The molecule has 0 N–H and O–H groups in total. The van der Waals surface area contributed by atoms with Crippen LogP contribution in [0.25, 0.3) is 0 Å². The summed E-state index contributed by atoms with van der Waals surface area (Å²) in [5.41, 5.74) is 0. The van der Waals surface area contributed by atoms with Crippen molar-refractivity contribution in [1.29, 1.82) is 0 Å². The van der Waals surface area contributed by atoms with E-state index in [1.165, 1.54) is 0 Å². The van der Waals surface area contributed by atoms with Crippen molar-refractivity contribution in [1.82, 2.24) is 0 Å². The van der Waals surface area contributed by atoms with Gasteiger partial charge in [0.25, 0.3) is 0 Å². The topological polar surface area (TPSA) is 120 Å². The number of rotatable bonds is 0. The molecule has 0 aliphatic heterocycles. The Bertz CT molecular complexity index is 115. The van der Waals surface area contributed by atoms with Crippen LogP contribution in [0.2, 0.25) is 0 Å². The fraction of sp³-hybridized carbons (Fsp3) is 0.500. The molecule has 0 rings (SSSR count). The van der Waals surface area contributed by atoms with Crippen LogP contribution in [0.15, 0.2) is 0 Å². The van der Waals surface area contributed by atoms with Gasteiger partial charge < -0.3 is 29.7 Å². The van der Waals surface area contributed by atoms with Crippen molar-refractivity contribution in [3.63, 3.8) is 0 Å². The molecule has 0 aliphatic rings. The SMILES string of the molecule is CC(=O)[O-].CC(=O)[O-].CC(=O)[O-].[Lu+3]. The Balaban J connectivity index is -0.0000000450. The molecule has 0 bridgehead atoms. The van der Waals surface area contributed by atoms with Gasteiger partial charge in [0.05, 0.1) is 0 Å². The normalized spacial score (nSPS) is 5.77. The second-order valence-corrected chi connectivity index (χ2v) is 1.47. The zero-order valence-electron chi connectivity index (χ0n) is 7.21. The molecule has 7 heteroatoms. The predicted molar refractivity (Wildman–Crippen MR) is 32.0 cm³/mol. The third-order valence-electron chi connectivity index (χ3n) is 0. The maximum Gasteiger partial charge on any atom is 3.00 e. The zero-order valence-corrected chi connectivity index (χ0v) is 8.86. The Morgan fingerprint density at radius 3 is 0.692 bits per heavy atom. The molecule has 6 nitrogen and oxygen atoms in total. The Kier molecular flexibility index (Phi) is 31.2. The molecule has 0 unspecified atom stereocenters. The van der Waals surface area contributed by atoms with Crippen molar-refractivity contribution in [3.05, 3.63) is 0 Å². The van der Waals surface area contributed by atoms with E-state index in [2.05, 4.69) is 0 Å². The van der Waals surface area contributed by atoms with E-state index in [1.807, 2.05) is 0 Å². The van der Waals surface area contributed by atoms with E-state index in [1.54, 1.807) is 0 Å². The summed E-state index contributed by atoms with van der Waals surface area (Å²) in [6.45, 7) is 2.92. The zero-order chi connectivity index (χ0) is 10.7. The van der Waals surface area contributed by atoms with Crippen molar-refractivity contribution in [2.45, 2.75) is 20.8 Å². The molecule has 84 valence electrons. The summed E-state index contributed by atoms with van der Waals surface area (Å²) in [4.78, 5) is 26.7. The summed E-state index contributed by atoms with van der Waals surface area (Å²) in [6, 6.07) is 0. The minimum Gasteiger partial charge on any atom is -0.550 e. The van der Waals surface area contributed by atoms with Gasteiger partial charge in [-0.15, -0.1) is 0 Å². The van der Waals surface area contributed by atoms with Crippen molar-refractivity contribution in [2.75, 3.05) is 0 Å². The van der Waals surface area contributed by atoms with E-state index in [0.29, 0.717) is 0 Å². The van der Waals surface area contributed by atoms with Crippen molar-refractivity contribution >= 4 is 17.9 Å². The molecule has 0 amide bonds. The van der Waals surface area contributed by atoms with Crippen molar-refractivity contribution < 1.29 is 66.6 Å². The van der Waals surface area contributed by atoms with Gasteiger partial charge in [-0.1, -0.05) is 0 Å². The molecule has 0 aromatic heterocycles. The molecule has 0 radical (unpaired) electrons. The second-order valence-electron chi connectivity index (χ2n) is 1.47. The van der Waals surface area contributed by atoms with E-state index in [-0.39, 0.29) is 36.9 Å². The Labute approximate surface area is 105 Å². The molecular weight excluding hydrogens is 343 g/mol. The average Bonchev–Trinajstić information content (AvgIpc) is 1.54. The van der Waals surface area contributed by atoms with Gasteiger partial charge in [-0.3, -0.25) is 0 Å². The fourth-order valence-electron chi connectivity index (χ4n) is 0. The van der Waals surface area contributed by atoms with Gasteiger partial charge in [-0.25, -0.2) is 0 Å². The quantitative estimate of drug-likeness (QED) is 0.442. The van der Waals surface area contributed by atoms with E-state index in [4.69, 9.17) is 29.7 Å². The maximum absolute atomic E-state index is 8.89. The first-order valence-corrected chi connectivity index (χ1v) is 2.72. The van der Waals surface area contributed by atoms with Crippen LogP contribution in [0.4, 0.5) is 0 Å². The van der Waals surface area contributed by atoms with Gasteiger partial charge in [0.15, 0.2) is 0 Å². The van der Waals surface area contributed by atoms with Crippen LogP contribution in [0, 0.1) is 36.9 Å². The number of carbonyl (C=O) groups is 3. The standard InChI is InChI=1S/3C2H4O2.Lu/c3*1-2(3)4;/h3*1H3,(H,3,4);/q;;;+3/p-3. The van der Waals surface area contributed by atoms with Crippen molar-refractivity contribution in [2.24, 2.45) is 0 Å². The van der Waals surface area contributed by atoms with Gasteiger partial charge in [0.2, 0.25) is 0 Å². The van der Waals surface area contributed by atoms with E-state index >= 15 is 0 Å². The smallest absolute Gasteiger partial charge is 0.550 e. The summed E-state index contributed by atoms with van der Waals surface area (Å²) in [6.07, 6.45) is 0. The molecule has 0 saturated heterocycles. The van der Waals surface area contributed by atoms with Crippen LogP contribution in [-0.4, -0.2) is 17.9 Å². The minimum atomic E-state index is -1.08. The predicted octanol–water partition coefficient (Wildman–Crippen LogP) is -3.73. The first-order valence-electron chi connectivity index (χ1n) is 2.72. The van der Waals surface area contributed by atoms with Crippen LogP contribution in [0.1, 0.15) is 20.8 Å². The van der Waals surface area contributed by atoms with E-state index in [0.717, 1.165) is 20.8 Å². The van der Waals surface area contributed by atoms with E-state index < -0.39 is 17.9 Å². The van der Waals surface area contributed by atoms with Gasteiger partial charge in [-0.2, -0.15) is 0 Å². The van der Waals surface area contributed by atoms with Gasteiger partial charge in [0, 0.05) is 17.9 Å². The first-order chi connectivity index (χ1) is 5.20. The maximum atomic E-state index is 8.89. The van der Waals surface area contributed by atoms with Crippen LogP contribution in [-0.2, 0) is 14.4 Å². The molecule has 0 atom stereocenters. The third-order valence-corrected chi connectivity index (χ3v) is 0. The number of carboxylic acids is 3. The average molecular weight is 352 g/mol. The Hall–Kier alpha value is -0.356. The molecule has 0 saturated carbocycles. The van der Waals surface area contributed by atoms with Crippen LogP contribution in [0.3, 0.4) is 0 Å². The molecule has 0 heterocycles. The Morgan fingerprint density at radius 1 is 0.692 bits per heavy atom. The molecule has 0 spiro atoms. The monoisotopic (exact) mass is 352 g/mol. The number of hydrogen-bond donors (Lipinski definition) is 0. The van der Waals surface area contributed by atoms with Crippen molar-refractivity contribution in [3.8, 4) is 0 Å². The van der Waals surface area contributed by atoms with E-state index in [9.17, 15) is 0 Å². The molecule has 0 aromatic rings. The summed E-state index contributed by atoms with van der Waals surface area (Å²) >= 11 is 0. The van der Waals surface area contributed by atoms with Gasteiger partial charge >= 0.3 is 36.9 Å². The summed E-state index contributed by atoms with van der Waals surface area (Å²) < 4.78 is 0. The molecule has 0 aliphatic carbocycles. The molecule has 0 fully saturated rings.